The van der Waals surface area contributed by atoms with Crippen molar-refractivity contribution in [3.8, 4) is 0 Å². The summed E-state index contributed by atoms with van der Waals surface area (Å²) in [6.07, 6.45) is 6.16. The van der Waals surface area contributed by atoms with Crippen LogP contribution in [0.25, 0.3) is 20.2 Å². The second-order valence-electron chi connectivity index (χ2n) is 7.10. The molecular weight excluding hydrogens is 372 g/mol. The number of hydrogen-bond acceptors (Lipinski definition) is 5. The number of hydrazone groups is 1. The maximum absolute atomic E-state index is 12.4. The van der Waals surface area contributed by atoms with Crippen LogP contribution in [0.15, 0.2) is 47.3 Å². The van der Waals surface area contributed by atoms with Crippen LogP contribution >= 0.6 is 11.3 Å². The molecule has 2 aromatic carbocycles. The summed E-state index contributed by atoms with van der Waals surface area (Å²) < 4.78 is 4.18. The van der Waals surface area contributed by atoms with Crippen molar-refractivity contribution in [1.29, 1.82) is 0 Å². The number of carboxylic acid groups (broad SMARTS) is 1. The zero-order valence-electron chi connectivity index (χ0n) is 15.6. The molecule has 144 valence electrons. The first kappa shape index (κ1) is 18.6. The van der Waals surface area contributed by atoms with Gasteiger partial charge in [0.25, 0.3) is 0 Å². The van der Waals surface area contributed by atoms with Gasteiger partial charge in [0.15, 0.2) is 18.2 Å². The monoisotopic (exact) mass is 394 g/mol. The van der Waals surface area contributed by atoms with Crippen LogP contribution in [0.4, 0.5) is 0 Å². The van der Waals surface area contributed by atoms with Crippen LogP contribution in [0.2, 0.25) is 0 Å². The molecule has 0 amide bonds. The highest BCUT2D eigenvalue weighted by molar-refractivity contribution is 7.24. The van der Waals surface area contributed by atoms with E-state index in [1.54, 1.807) is 24.3 Å². The molecule has 0 bridgehead atoms. The van der Waals surface area contributed by atoms with E-state index in [1.165, 1.54) is 50.2 Å². The number of carboxylic acids is 1. The van der Waals surface area contributed by atoms with E-state index in [-0.39, 0.29) is 11.8 Å². The number of benzene rings is 2. The summed E-state index contributed by atoms with van der Waals surface area (Å²) in [5.74, 6) is -1.14. The molecule has 2 aliphatic rings. The number of hydrogen-bond donors (Lipinski definition) is 0. The van der Waals surface area contributed by atoms with Gasteiger partial charge in [0, 0.05) is 45.4 Å². The summed E-state index contributed by atoms with van der Waals surface area (Å²) in [7, 11) is 0. The molecule has 1 fully saturated rings. The second kappa shape index (κ2) is 8.10. The van der Waals surface area contributed by atoms with Crippen LogP contribution in [-0.4, -0.2) is 41.5 Å². The van der Waals surface area contributed by atoms with Crippen LogP contribution in [-0.2, 0) is 11.2 Å². The Bertz CT molecular complexity index is 1120. The standard InChI is InChI=1S/C15H10O3S.C7H13N2/c16-14(17)8-9-5-6-13-11(7-9)15(18)10-3-1-2-4-12(10)19-13;1-2-5-9-7-3-6-8(9)4-1/h1-7H,8H2,(H,16,17);4H,1-3,5-7H2/q;+1/p-1. The molecule has 0 aliphatic carbocycles. The number of rotatable bonds is 2. The van der Waals surface area contributed by atoms with Gasteiger partial charge in [-0.05, 0) is 36.2 Å². The van der Waals surface area contributed by atoms with E-state index in [2.05, 4.69) is 15.9 Å². The third kappa shape index (κ3) is 3.92. The Hall–Kier alpha value is -2.73. The molecule has 0 unspecified atom stereocenters. The molecule has 6 heteroatoms. The fourth-order valence-corrected chi connectivity index (χ4v) is 4.83. The molecule has 0 atom stereocenters. The van der Waals surface area contributed by atoms with Crippen LogP contribution in [0.1, 0.15) is 24.8 Å². The van der Waals surface area contributed by atoms with E-state index in [0.29, 0.717) is 16.3 Å². The Kier molecular flexibility index (Phi) is 5.39. The van der Waals surface area contributed by atoms with Crippen molar-refractivity contribution in [3.63, 3.8) is 0 Å². The zero-order valence-corrected chi connectivity index (χ0v) is 16.4. The number of nitrogens with zero attached hydrogens (tertiary/aromatic N) is 2. The first-order chi connectivity index (χ1) is 13.6. The minimum Gasteiger partial charge on any atom is -0.550 e. The summed E-state index contributed by atoms with van der Waals surface area (Å²) in [5, 5.41) is 14.3. The summed E-state index contributed by atoms with van der Waals surface area (Å²) in [6, 6.07) is 12.6. The second-order valence-corrected chi connectivity index (χ2v) is 8.19. The molecule has 0 spiro atoms. The summed E-state index contributed by atoms with van der Waals surface area (Å²) in [5.41, 5.74) is 0.539. The predicted molar refractivity (Wildman–Crippen MR) is 111 cm³/mol. The van der Waals surface area contributed by atoms with Crippen LogP contribution in [0, 0.1) is 0 Å². The lowest BCUT2D eigenvalue weighted by molar-refractivity contribution is -0.667. The highest BCUT2D eigenvalue weighted by Crippen LogP contribution is 2.25. The molecule has 28 heavy (non-hydrogen) atoms. The highest BCUT2D eigenvalue weighted by atomic mass is 32.1. The van der Waals surface area contributed by atoms with Crippen molar-refractivity contribution in [2.45, 2.75) is 25.7 Å². The lowest BCUT2D eigenvalue weighted by Crippen LogP contribution is -2.33. The summed E-state index contributed by atoms with van der Waals surface area (Å²) in [4.78, 5) is 23.0. The van der Waals surface area contributed by atoms with Crippen molar-refractivity contribution in [2.24, 2.45) is 0 Å². The molecule has 0 saturated carbocycles. The average Bonchev–Trinajstić information content (AvgIpc) is 3.18. The molecule has 3 heterocycles. The zero-order chi connectivity index (χ0) is 19.5. The van der Waals surface area contributed by atoms with Gasteiger partial charge < -0.3 is 9.90 Å². The number of hydrazine groups is 1. The normalized spacial score (nSPS) is 15.7. The predicted octanol–water partition coefficient (Wildman–Crippen LogP) is 2.19. The third-order valence-electron chi connectivity index (χ3n) is 5.12. The Labute approximate surface area is 167 Å². The lowest BCUT2D eigenvalue weighted by atomic mass is 10.1. The molecule has 5 nitrogen and oxygen atoms in total. The third-order valence-corrected chi connectivity index (χ3v) is 6.27. The molecule has 1 aromatic heterocycles. The lowest BCUT2D eigenvalue weighted by Gasteiger charge is -2.15. The Morgan fingerprint density at radius 3 is 2.68 bits per heavy atom. The van der Waals surface area contributed by atoms with Gasteiger partial charge in [0.05, 0.1) is 13.1 Å². The molecule has 2 aliphatic heterocycles. The van der Waals surface area contributed by atoms with Crippen molar-refractivity contribution < 1.29 is 14.6 Å². The fourth-order valence-electron chi connectivity index (χ4n) is 3.77. The minimum absolute atomic E-state index is 0.0513. The van der Waals surface area contributed by atoms with Gasteiger partial charge in [0.1, 0.15) is 0 Å². The van der Waals surface area contributed by atoms with Crippen LogP contribution in [0.3, 0.4) is 0 Å². The molecular formula is C22H22N2O3S. The molecule has 5 rings (SSSR count). The van der Waals surface area contributed by atoms with Gasteiger partial charge in [-0.15, -0.1) is 16.0 Å². The first-order valence-electron chi connectivity index (χ1n) is 9.61. The van der Waals surface area contributed by atoms with Gasteiger partial charge in [-0.2, -0.15) is 5.01 Å². The van der Waals surface area contributed by atoms with E-state index in [1.807, 2.05) is 18.2 Å². The Morgan fingerprint density at radius 1 is 1.07 bits per heavy atom. The quantitative estimate of drug-likeness (QED) is 0.494. The largest absolute Gasteiger partial charge is 0.550 e. The fraction of sp³-hybridized carbons (Fsp3) is 0.318. The summed E-state index contributed by atoms with van der Waals surface area (Å²) in [6.45, 7) is 3.84. The minimum atomic E-state index is -1.14. The van der Waals surface area contributed by atoms with E-state index in [4.69, 9.17) is 0 Å². The molecule has 0 radical (unpaired) electrons. The topological polar surface area (TPSA) is 63.4 Å². The van der Waals surface area contributed by atoms with Gasteiger partial charge >= 0.3 is 0 Å². The van der Waals surface area contributed by atoms with E-state index in [9.17, 15) is 14.7 Å². The Balaban J connectivity index is 0.000000177. The maximum Gasteiger partial charge on any atom is 0.195 e. The van der Waals surface area contributed by atoms with Gasteiger partial charge in [-0.3, -0.25) is 4.79 Å². The number of aliphatic carboxylic acids is 1. The highest BCUT2D eigenvalue weighted by Gasteiger charge is 2.25. The maximum atomic E-state index is 12.4. The van der Waals surface area contributed by atoms with Crippen molar-refractivity contribution in [1.82, 2.24) is 5.01 Å². The smallest absolute Gasteiger partial charge is 0.195 e. The van der Waals surface area contributed by atoms with Crippen molar-refractivity contribution in [2.75, 3.05) is 19.6 Å². The van der Waals surface area contributed by atoms with Crippen molar-refractivity contribution >= 4 is 43.7 Å². The van der Waals surface area contributed by atoms with Crippen LogP contribution < -0.4 is 10.5 Å². The van der Waals surface area contributed by atoms with Gasteiger partial charge in [-0.1, -0.05) is 18.2 Å². The van der Waals surface area contributed by atoms with E-state index >= 15 is 0 Å². The van der Waals surface area contributed by atoms with E-state index < -0.39 is 5.97 Å². The van der Waals surface area contributed by atoms with E-state index in [0.717, 1.165) is 9.40 Å². The number of carbonyl (C=O) groups excluding carboxylic acids is 1. The molecule has 3 aromatic rings. The van der Waals surface area contributed by atoms with Gasteiger partial charge in [0.2, 0.25) is 0 Å². The van der Waals surface area contributed by atoms with Crippen LogP contribution in [0.5, 0.6) is 0 Å². The average molecular weight is 394 g/mol. The molecule has 1 saturated heterocycles. The summed E-state index contributed by atoms with van der Waals surface area (Å²) >= 11 is 1.53. The SMILES string of the molecule is C1=[N+]2CCCN2CCC1.O=C([O-])Cc1ccc2sc3ccccc3c(=O)c2c1. The van der Waals surface area contributed by atoms with Gasteiger partial charge in [-0.25, -0.2) is 0 Å². The number of carbonyl (C=O) groups is 1. The number of fused-ring (bicyclic) bond motifs is 3. The van der Waals surface area contributed by atoms with Crippen molar-refractivity contribution in [3.05, 3.63) is 58.3 Å². The first-order valence-corrected chi connectivity index (χ1v) is 10.4. The molecule has 0 N–H and O–H groups in total. The Morgan fingerprint density at radius 2 is 1.86 bits per heavy atom.